The molecule has 0 saturated heterocycles. The Morgan fingerprint density at radius 3 is 2.26 bits per heavy atom. The summed E-state index contributed by atoms with van der Waals surface area (Å²) in [5.74, 6) is -0.444. The summed E-state index contributed by atoms with van der Waals surface area (Å²) in [6.45, 7) is 0. The molecule has 0 radical (unpaired) electrons. The summed E-state index contributed by atoms with van der Waals surface area (Å²) >= 11 is 5.82. The summed E-state index contributed by atoms with van der Waals surface area (Å²) < 4.78 is 0. The molecule has 0 fully saturated rings. The number of nitrogens with zero attached hydrogens (tertiary/aromatic N) is 2. The van der Waals surface area contributed by atoms with Crippen molar-refractivity contribution in [2.45, 2.75) is 0 Å². The number of rotatable bonds is 4. The molecule has 2 aromatic carbocycles. The van der Waals surface area contributed by atoms with Crippen LogP contribution in [0.2, 0.25) is 5.02 Å². The van der Waals surface area contributed by atoms with Crippen molar-refractivity contribution in [3.8, 4) is 6.07 Å². The molecule has 0 aliphatic carbocycles. The number of nitrogens with one attached hydrogen (secondary N) is 1. The van der Waals surface area contributed by atoms with Crippen LogP contribution in [0.3, 0.4) is 0 Å². The van der Waals surface area contributed by atoms with E-state index in [0.29, 0.717) is 10.7 Å². The van der Waals surface area contributed by atoms with Crippen molar-refractivity contribution < 1.29 is 4.79 Å². The van der Waals surface area contributed by atoms with Crippen molar-refractivity contribution in [2.24, 2.45) is 0 Å². The van der Waals surface area contributed by atoms with Gasteiger partial charge in [0.05, 0.1) is 0 Å². The van der Waals surface area contributed by atoms with Crippen LogP contribution in [0.1, 0.15) is 5.56 Å². The highest BCUT2D eigenvalue weighted by molar-refractivity contribution is 6.30. The third kappa shape index (κ3) is 4.60. The smallest absolute Gasteiger partial charge is 0.266 e. The van der Waals surface area contributed by atoms with Gasteiger partial charge in [-0.15, -0.1) is 0 Å². The van der Waals surface area contributed by atoms with E-state index in [9.17, 15) is 10.1 Å². The molecule has 23 heavy (non-hydrogen) atoms. The molecule has 2 aromatic rings. The van der Waals surface area contributed by atoms with Gasteiger partial charge in [-0.3, -0.25) is 4.79 Å². The second-order valence-corrected chi connectivity index (χ2v) is 5.55. The van der Waals surface area contributed by atoms with Gasteiger partial charge in [-0.2, -0.15) is 5.26 Å². The van der Waals surface area contributed by atoms with Crippen LogP contribution in [-0.4, -0.2) is 20.0 Å². The molecular formula is C18H16ClN3O. The Balaban J connectivity index is 2.14. The molecular weight excluding hydrogens is 310 g/mol. The molecule has 116 valence electrons. The largest absolute Gasteiger partial charge is 0.378 e. The fourth-order valence-corrected chi connectivity index (χ4v) is 2.04. The molecule has 1 N–H and O–H groups in total. The number of carbonyl (C=O) groups excluding carboxylic acids is 1. The normalized spacial score (nSPS) is 10.8. The molecule has 0 aliphatic rings. The Bertz CT molecular complexity index is 756. The van der Waals surface area contributed by atoms with E-state index in [1.165, 1.54) is 6.08 Å². The zero-order valence-electron chi connectivity index (χ0n) is 12.9. The maximum atomic E-state index is 12.2. The van der Waals surface area contributed by atoms with Crippen LogP contribution in [-0.2, 0) is 4.79 Å². The lowest BCUT2D eigenvalue weighted by atomic mass is 10.1. The number of hydrogen-bond donors (Lipinski definition) is 1. The average Bonchev–Trinajstić information content (AvgIpc) is 2.54. The van der Waals surface area contributed by atoms with Gasteiger partial charge in [0.2, 0.25) is 0 Å². The third-order valence-corrected chi connectivity index (χ3v) is 3.44. The molecule has 5 heteroatoms. The van der Waals surface area contributed by atoms with E-state index in [4.69, 9.17) is 11.6 Å². The van der Waals surface area contributed by atoms with Crippen LogP contribution in [0.4, 0.5) is 11.4 Å². The van der Waals surface area contributed by atoms with Crippen LogP contribution in [0.25, 0.3) is 6.08 Å². The minimum atomic E-state index is -0.444. The summed E-state index contributed by atoms with van der Waals surface area (Å²) in [7, 11) is 3.88. The standard InChI is InChI=1S/C18H16ClN3O/c1-22(2)17-9-7-16(8-10-17)21-18(23)14(12-20)11-13-3-5-15(19)6-4-13/h3-11H,1-2H3,(H,21,23)/b14-11+. The van der Waals surface area contributed by atoms with Gasteiger partial charge in [-0.05, 0) is 48.0 Å². The zero-order valence-corrected chi connectivity index (χ0v) is 13.6. The molecule has 0 unspecified atom stereocenters. The summed E-state index contributed by atoms with van der Waals surface area (Å²) in [6, 6.07) is 16.2. The first kappa shape index (κ1) is 16.6. The van der Waals surface area contributed by atoms with Crippen molar-refractivity contribution in [3.63, 3.8) is 0 Å². The molecule has 0 heterocycles. The van der Waals surface area contributed by atoms with E-state index in [0.717, 1.165) is 11.3 Å². The highest BCUT2D eigenvalue weighted by Crippen LogP contribution is 2.17. The first-order valence-corrected chi connectivity index (χ1v) is 7.33. The Morgan fingerprint density at radius 2 is 1.74 bits per heavy atom. The van der Waals surface area contributed by atoms with Crippen LogP contribution < -0.4 is 10.2 Å². The van der Waals surface area contributed by atoms with Gasteiger partial charge < -0.3 is 10.2 Å². The lowest BCUT2D eigenvalue weighted by molar-refractivity contribution is -0.112. The summed E-state index contributed by atoms with van der Waals surface area (Å²) in [4.78, 5) is 14.2. The van der Waals surface area contributed by atoms with Crippen molar-refractivity contribution in [1.82, 2.24) is 0 Å². The second-order valence-electron chi connectivity index (χ2n) is 5.12. The Labute approximate surface area is 140 Å². The number of halogens is 1. The Hall–Kier alpha value is -2.77. The molecule has 0 atom stereocenters. The molecule has 4 nitrogen and oxygen atoms in total. The van der Waals surface area contributed by atoms with Gasteiger partial charge in [0.25, 0.3) is 5.91 Å². The number of benzene rings is 2. The summed E-state index contributed by atoms with van der Waals surface area (Å²) in [5.41, 5.74) is 2.44. The van der Waals surface area contributed by atoms with E-state index in [2.05, 4.69) is 5.32 Å². The number of carbonyl (C=O) groups is 1. The van der Waals surface area contributed by atoms with Gasteiger partial charge >= 0.3 is 0 Å². The van der Waals surface area contributed by atoms with Gasteiger partial charge in [0.1, 0.15) is 11.6 Å². The van der Waals surface area contributed by atoms with Crippen LogP contribution in [0.5, 0.6) is 0 Å². The van der Waals surface area contributed by atoms with Crippen LogP contribution >= 0.6 is 11.6 Å². The van der Waals surface area contributed by atoms with E-state index in [1.54, 1.807) is 36.4 Å². The first-order chi connectivity index (χ1) is 11.0. The maximum Gasteiger partial charge on any atom is 0.266 e. The number of anilines is 2. The van der Waals surface area contributed by atoms with E-state index in [-0.39, 0.29) is 5.57 Å². The predicted molar refractivity (Wildman–Crippen MR) is 94.4 cm³/mol. The number of hydrogen-bond acceptors (Lipinski definition) is 3. The van der Waals surface area contributed by atoms with Crippen molar-refractivity contribution in [2.75, 3.05) is 24.3 Å². The fraction of sp³-hybridized carbons (Fsp3) is 0.111. The highest BCUT2D eigenvalue weighted by Gasteiger charge is 2.09. The highest BCUT2D eigenvalue weighted by atomic mass is 35.5. The number of nitriles is 1. The molecule has 0 saturated carbocycles. The van der Waals surface area contributed by atoms with Crippen LogP contribution in [0.15, 0.2) is 54.1 Å². The van der Waals surface area contributed by atoms with Gasteiger partial charge in [0.15, 0.2) is 0 Å². The topological polar surface area (TPSA) is 56.1 Å². The monoisotopic (exact) mass is 325 g/mol. The quantitative estimate of drug-likeness (QED) is 0.684. The molecule has 0 aliphatic heterocycles. The van der Waals surface area contributed by atoms with Crippen molar-refractivity contribution in [1.29, 1.82) is 5.26 Å². The van der Waals surface area contributed by atoms with Crippen molar-refractivity contribution in [3.05, 3.63) is 64.7 Å². The first-order valence-electron chi connectivity index (χ1n) is 6.95. The second kappa shape index (κ2) is 7.48. The van der Waals surface area contributed by atoms with Crippen LogP contribution in [0, 0.1) is 11.3 Å². The average molecular weight is 326 g/mol. The molecule has 0 spiro atoms. The lowest BCUT2D eigenvalue weighted by Crippen LogP contribution is -2.14. The van der Waals surface area contributed by atoms with Gasteiger partial charge in [-0.1, -0.05) is 23.7 Å². The summed E-state index contributed by atoms with van der Waals surface area (Å²) in [5, 5.41) is 12.5. The van der Waals surface area contributed by atoms with Gasteiger partial charge in [0, 0.05) is 30.5 Å². The number of amides is 1. The van der Waals surface area contributed by atoms with E-state index in [1.807, 2.05) is 37.2 Å². The molecule has 0 bridgehead atoms. The Morgan fingerprint density at radius 1 is 1.13 bits per heavy atom. The zero-order chi connectivity index (χ0) is 16.8. The minimum Gasteiger partial charge on any atom is -0.378 e. The van der Waals surface area contributed by atoms with E-state index < -0.39 is 5.91 Å². The predicted octanol–water partition coefficient (Wildman–Crippen LogP) is 3.95. The van der Waals surface area contributed by atoms with E-state index >= 15 is 0 Å². The minimum absolute atomic E-state index is 0.0315. The fourth-order valence-electron chi connectivity index (χ4n) is 1.92. The molecule has 1 amide bonds. The van der Waals surface area contributed by atoms with Crippen molar-refractivity contribution >= 4 is 35.0 Å². The maximum absolute atomic E-state index is 12.2. The summed E-state index contributed by atoms with van der Waals surface area (Å²) in [6.07, 6.45) is 1.53. The van der Waals surface area contributed by atoms with Gasteiger partial charge in [-0.25, -0.2) is 0 Å². The molecule has 0 aromatic heterocycles. The third-order valence-electron chi connectivity index (χ3n) is 3.19. The lowest BCUT2D eigenvalue weighted by Gasteiger charge is -2.12. The SMILES string of the molecule is CN(C)c1ccc(NC(=O)/C(C#N)=C/c2ccc(Cl)cc2)cc1. The molecule has 2 rings (SSSR count). The Kier molecular flexibility index (Phi) is 5.40.